The summed E-state index contributed by atoms with van der Waals surface area (Å²) in [6, 6.07) is 21.3. The molecule has 0 radical (unpaired) electrons. The molecule has 0 bridgehead atoms. The van der Waals surface area contributed by atoms with Crippen molar-refractivity contribution in [2.24, 2.45) is 0 Å². The first-order valence-corrected chi connectivity index (χ1v) is 12.3. The van der Waals surface area contributed by atoms with Crippen LogP contribution in [0.1, 0.15) is 24.4 Å². The van der Waals surface area contributed by atoms with Gasteiger partial charge in [0.2, 0.25) is 0 Å². The van der Waals surface area contributed by atoms with Crippen molar-refractivity contribution in [1.29, 1.82) is 0 Å². The Balaban J connectivity index is 1.40. The van der Waals surface area contributed by atoms with Gasteiger partial charge in [0.15, 0.2) is 11.5 Å². The van der Waals surface area contributed by atoms with Gasteiger partial charge in [-0.25, -0.2) is 9.97 Å². The van der Waals surface area contributed by atoms with Crippen molar-refractivity contribution in [3.05, 3.63) is 72.1 Å². The third-order valence-corrected chi connectivity index (χ3v) is 6.63. The number of fused-ring (bicyclic) bond motifs is 1. The lowest BCUT2D eigenvalue weighted by molar-refractivity contribution is 0.122. The number of rotatable bonds is 7. The predicted molar refractivity (Wildman–Crippen MR) is 144 cm³/mol. The first-order valence-electron chi connectivity index (χ1n) is 12.3. The van der Waals surface area contributed by atoms with E-state index in [2.05, 4.69) is 70.7 Å². The highest BCUT2D eigenvalue weighted by Crippen LogP contribution is 2.35. The van der Waals surface area contributed by atoms with Gasteiger partial charge in [0.25, 0.3) is 0 Å². The van der Waals surface area contributed by atoms with Crippen molar-refractivity contribution in [3.8, 4) is 22.6 Å². The molecular weight excluding hydrogens is 452 g/mol. The Hall–Kier alpha value is -3.84. The van der Waals surface area contributed by atoms with Gasteiger partial charge in [-0.05, 0) is 54.8 Å². The number of nitrogens with zero attached hydrogens (tertiary/aromatic N) is 3. The average Bonchev–Trinajstić information content (AvgIpc) is 2.93. The molecule has 1 saturated heterocycles. The molecule has 0 aliphatic carbocycles. The number of ether oxygens (including phenoxy) is 3. The molecule has 0 spiro atoms. The summed E-state index contributed by atoms with van der Waals surface area (Å²) in [6.45, 7) is 7.49. The van der Waals surface area contributed by atoms with Gasteiger partial charge in [-0.2, -0.15) is 0 Å². The summed E-state index contributed by atoms with van der Waals surface area (Å²) >= 11 is 0. The minimum absolute atomic E-state index is 0.0307. The molecule has 36 heavy (non-hydrogen) atoms. The quantitative estimate of drug-likeness (QED) is 0.364. The van der Waals surface area contributed by atoms with Crippen LogP contribution in [0.15, 0.2) is 60.7 Å². The molecule has 186 valence electrons. The fourth-order valence-electron chi connectivity index (χ4n) is 4.64. The molecule has 1 atom stereocenters. The molecule has 1 N–H and O–H groups in total. The van der Waals surface area contributed by atoms with E-state index in [0.29, 0.717) is 17.3 Å². The average molecular weight is 485 g/mol. The topological polar surface area (TPSA) is 68.7 Å². The van der Waals surface area contributed by atoms with E-state index in [1.165, 1.54) is 22.4 Å². The standard InChI is InChI=1S/C29H32N4O3/c1-19(30-29-25-17-27(34-3)28(35-4)18-26(25)31-20(2)32-29)22-6-5-7-23(16-22)21-8-10-24(11-9-21)33-12-14-36-15-13-33/h5-11,16-19H,12-15H2,1-4H3,(H,30,31,32)/t19-/m1/s1. The summed E-state index contributed by atoms with van der Waals surface area (Å²) in [6.07, 6.45) is 0. The van der Waals surface area contributed by atoms with Crippen LogP contribution in [0.3, 0.4) is 0 Å². The lowest BCUT2D eigenvalue weighted by Crippen LogP contribution is -2.36. The minimum atomic E-state index is 0.0307. The molecule has 1 aromatic heterocycles. The summed E-state index contributed by atoms with van der Waals surface area (Å²) in [5.41, 5.74) is 5.61. The maximum absolute atomic E-state index is 5.51. The van der Waals surface area contributed by atoms with E-state index in [0.717, 1.165) is 43.0 Å². The zero-order valence-electron chi connectivity index (χ0n) is 21.2. The Morgan fingerprint density at radius 3 is 2.33 bits per heavy atom. The van der Waals surface area contributed by atoms with Crippen LogP contribution in [0.25, 0.3) is 22.0 Å². The van der Waals surface area contributed by atoms with Crippen molar-refractivity contribution in [3.63, 3.8) is 0 Å². The summed E-state index contributed by atoms with van der Waals surface area (Å²) in [5.74, 6) is 2.76. The molecule has 1 fully saturated rings. The van der Waals surface area contributed by atoms with Crippen LogP contribution in [0.5, 0.6) is 11.5 Å². The lowest BCUT2D eigenvalue weighted by atomic mass is 9.99. The van der Waals surface area contributed by atoms with E-state index in [1.807, 2.05) is 19.1 Å². The molecule has 0 unspecified atom stereocenters. The van der Waals surface area contributed by atoms with Gasteiger partial charge in [0.05, 0.1) is 33.0 Å². The predicted octanol–water partition coefficient (Wildman–Crippen LogP) is 5.63. The second kappa shape index (κ2) is 10.4. The number of hydrogen-bond acceptors (Lipinski definition) is 7. The van der Waals surface area contributed by atoms with Crippen LogP contribution in [0.4, 0.5) is 11.5 Å². The van der Waals surface area contributed by atoms with Gasteiger partial charge in [-0.15, -0.1) is 0 Å². The van der Waals surface area contributed by atoms with Gasteiger partial charge < -0.3 is 24.4 Å². The number of morpholine rings is 1. The van der Waals surface area contributed by atoms with Gasteiger partial charge in [0.1, 0.15) is 11.6 Å². The van der Waals surface area contributed by atoms with E-state index in [-0.39, 0.29) is 6.04 Å². The highest BCUT2D eigenvalue weighted by Gasteiger charge is 2.15. The minimum Gasteiger partial charge on any atom is -0.493 e. The van der Waals surface area contributed by atoms with Crippen LogP contribution >= 0.6 is 0 Å². The summed E-state index contributed by atoms with van der Waals surface area (Å²) in [5, 5.41) is 4.48. The Kier molecular flexibility index (Phi) is 6.91. The maximum atomic E-state index is 5.51. The normalized spacial score (nSPS) is 14.5. The maximum Gasteiger partial charge on any atom is 0.162 e. The largest absolute Gasteiger partial charge is 0.493 e. The number of benzene rings is 3. The van der Waals surface area contributed by atoms with Crippen LogP contribution in [0.2, 0.25) is 0 Å². The van der Waals surface area contributed by atoms with Crippen LogP contribution in [-0.2, 0) is 4.74 Å². The Bertz CT molecular complexity index is 1350. The van der Waals surface area contributed by atoms with Gasteiger partial charge in [-0.1, -0.05) is 30.3 Å². The SMILES string of the molecule is COc1cc2nc(C)nc(N[C@H](C)c3cccc(-c4ccc(N5CCOCC5)cc4)c3)c2cc1OC. The molecule has 1 aliphatic rings. The zero-order chi connectivity index (χ0) is 25.1. The van der Waals surface area contributed by atoms with Crippen molar-refractivity contribution >= 4 is 22.4 Å². The van der Waals surface area contributed by atoms with Crippen LogP contribution in [-0.4, -0.2) is 50.5 Å². The molecule has 7 nitrogen and oxygen atoms in total. The lowest BCUT2D eigenvalue weighted by Gasteiger charge is -2.29. The van der Waals surface area contributed by atoms with Crippen LogP contribution in [0, 0.1) is 6.92 Å². The summed E-state index contributed by atoms with van der Waals surface area (Å²) in [7, 11) is 3.26. The van der Waals surface area contributed by atoms with Gasteiger partial charge >= 0.3 is 0 Å². The third kappa shape index (κ3) is 4.93. The highest BCUT2D eigenvalue weighted by molar-refractivity contribution is 5.92. The van der Waals surface area contributed by atoms with E-state index in [9.17, 15) is 0 Å². The molecule has 4 aromatic rings. The van der Waals surface area contributed by atoms with Crippen LogP contribution < -0.4 is 19.7 Å². The van der Waals surface area contributed by atoms with E-state index >= 15 is 0 Å². The second-order valence-corrected chi connectivity index (χ2v) is 8.98. The van der Waals surface area contributed by atoms with Crippen molar-refractivity contribution in [1.82, 2.24) is 9.97 Å². The second-order valence-electron chi connectivity index (χ2n) is 8.98. The molecule has 1 aliphatic heterocycles. The Labute approximate surface area is 212 Å². The summed E-state index contributed by atoms with van der Waals surface area (Å²) in [4.78, 5) is 11.7. The first-order chi connectivity index (χ1) is 17.6. The van der Waals surface area contributed by atoms with E-state index in [4.69, 9.17) is 19.2 Å². The zero-order valence-corrected chi connectivity index (χ0v) is 21.2. The fourth-order valence-corrected chi connectivity index (χ4v) is 4.64. The highest BCUT2D eigenvalue weighted by atomic mass is 16.5. The number of nitrogens with one attached hydrogen (secondary N) is 1. The monoisotopic (exact) mass is 484 g/mol. The fraction of sp³-hybridized carbons (Fsp3) is 0.310. The molecule has 5 rings (SSSR count). The Morgan fingerprint density at radius 2 is 1.61 bits per heavy atom. The van der Waals surface area contributed by atoms with Gasteiger partial charge in [0, 0.05) is 36.3 Å². The molecule has 0 saturated carbocycles. The molecule has 7 heteroatoms. The van der Waals surface area contributed by atoms with E-state index < -0.39 is 0 Å². The number of aryl methyl sites for hydroxylation is 1. The number of hydrogen-bond donors (Lipinski definition) is 1. The molecule has 2 heterocycles. The van der Waals surface area contributed by atoms with Crippen molar-refractivity contribution in [2.45, 2.75) is 19.9 Å². The van der Waals surface area contributed by atoms with Crippen molar-refractivity contribution in [2.75, 3.05) is 50.7 Å². The summed E-state index contributed by atoms with van der Waals surface area (Å²) < 4.78 is 16.4. The molecular formula is C29H32N4O3. The van der Waals surface area contributed by atoms with E-state index in [1.54, 1.807) is 14.2 Å². The third-order valence-electron chi connectivity index (χ3n) is 6.63. The smallest absolute Gasteiger partial charge is 0.162 e. The first kappa shape index (κ1) is 23.9. The number of anilines is 2. The molecule has 0 amide bonds. The molecule has 3 aromatic carbocycles. The Morgan fingerprint density at radius 1 is 0.889 bits per heavy atom. The number of aromatic nitrogens is 2. The number of methoxy groups -OCH3 is 2. The van der Waals surface area contributed by atoms with Crippen molar-refractivity contribution < 1.29 is 14.2 Å². The van der Waals surface area contributed by atoms with Gasteiger partial charge in [-0.3, -0.25) is 0 Å².